The smallest absolute Gasteiger partial charge is 0.337 e. The summed E-state index contributed by atoms with van der Waals surface area (Å²) in [4.78, 5) is 36.1. The summed E-state index contributed by atoms with van der Waals surface area (Å²) in [5, 5.41) is 5.66. The Morgan fingerprint density at radius 3 is 2.28 bits per heavy atom. The number of hydrogen-bond acceptors (Lipinski definition) is 5. The van der Waals surface area contributed by atoms with Crippen LogP contribution in [0.15, 0.2) is 59.8 Å². The minimum absolute atomic E-state index is 0.0218. The summed E-state index contributed by atoms with van der Waals surface area (Å²) in [6, 6.07) is 12.8. The van der Waals surface area contributed by atoms with Gasteiger partial charge in [0.25, 0.3) is 0 Å². The number of urea groups is 1. The number of esters is 1. The molecule has 2 N–H and O–H groups in total. The predicted molar refractivity (Wildman–Crippen MR) is 107 cm³/mol. The van der Waals surface area contributed by atoms with E-state index in [2.05, 4.69) is 10.6 Å². The van der Waals surface area contributed by atoms with Crippen molar-refractivity contribution in [3.8, 4) is 5.75 Å². The number of amides is 2. The third-order valence-corrected chi connectivity index (χ3v) is 4.43. The standard InChI is InChI=1S/C21H19ClN2O5/c1-2-28-20(26)17-11-23-21(27)24-18(17)12-29-16-9-5-14(6-10-16)19(25)13-3-7-15(22)8-4-13/h3-10H,2,11-12H2,1H3,(H2,23,24,27). The lowest BCUT2D eigenvalue weighted by Crippen LogP contribution is -2.45. The Balaban J connectivity index is 1.68. The molecule has 0 bridgehead atoms. The van der Waals surface area contributed by atoms with Crippen molar-refractivity contribution >= 4 is 29.4 Å². The minimum Gasteiger partial charge on any atom is -0.487 e. The fraction of sp³-hybridized carbons (Fsp3) is 0.190. The van der Waals surface area contributed by atoms with E-state index in [0.717, 1.165) is 0 Å². The molecular formula is C21H19ClN2O5. The lowest BCUT2D eigenvalue weighted by Gasteiger charge is -2.21. The third-order valence-electron chi connectivity index (χ3n) is 4.18. The average molecular weight is 415 g/mol. The Labute approximate surface area is 172 Å². The van der Waals surface area contributed by atoms with Crippen molar-refractivity contribution in [3.63, 3.8) is 0 Å². The number of ether oxygens (including phenoxy) is 2. The molecule has 0 aromatic heterocycles. The van der Waals surface area contributed by atoms with Crippen LogP contribution in [-0.4, -0.2) is 37.5 Å². The van der Waals surface area contributed by atoms with E-state index < -0.39 is 12.0 Å². The van der Waals surface area contributed by atoms with Crippen molar-refractivity contribution in [2.24, 2.45) is 0 Å². The quantitative estimate of drug-likeness (QED) is 0.536. The molecule has 1 heterocycles. The summed E-state index contributed by atoms with van der Waals surface area (Å²) in [7, 11) is 0. The average Bonchev–Trinajstić information content (AvgIpc) is 2.73. The number of carbonyl (C=O) groups is 3. The molecule has 0 unspecified atom stereocenters. The van der Waals surface area contributed by atoms with Crippen LogP contribution in [0.25, 0.3) is 0 Å². The number of halogens is 1. The van der Waals surface area contributed by atoms with E-state index in [1.807, 2.05) is 0 Å². The maximum atomic E-state index is 12.5. The number of benzene rings is 2. The van der Waals surface area contributed by atoms with Crippen molar-refractivity contribution in [3.05, 3.63) is 76.0 Å². The molecule has 2 amide bonds. The summed E-state index contributed by atoms with van der Waals surface area (Å²) < 4.78 is 10.7. The van der Waals surface area contributed by atoms with Crippen LogP contribution >= 0.6 is 11.6 Å². The van der Waals surface area contributed by atoms with Crippen molar-refractivity contribution < 1.29 is 23.9 Å². The number of hydrogen-bond donors (Lipinski definition) is 2. The number of rotatable bonds is 7. The Kier molecular flexibility index (Phi) is 6.51. The van der Waals surface area contributed by atoms with Gasteiger partial charge in [-0.05, 0) is 55.5 Å². The maximum Gasteiger partial charge on any atom is 0.337 e. The van der Waals surface area contributed by atoms with Gasteiger partial charge in [0.15, 0.2) is 5.78 Å². The van der Waals surface area contributed by atoms with Crippen molar-refractivity contribution in [2.75, 3.05) is 19.8 Å². The van der Waals surface area contributed by atoms with Crippen LogP contribution in [0.2, 0.25) is 5.02 Å². The van der Waals surface area contributed by atoms with E-state index in [-0.39, 0.29) is 25.5 Å². The first-order valence-corrected chi connectivity index (χ1v) is 9.33. The zero-order valence-electron chi connectivity index (χ0n) is 15.7. The van der Waals surface area contributed by atoms with Gasteiger partial charge in [-0.3, -0.25) is 4.79 Å². The molecule has 0 fully saturated rings. The van der Waals surface area contributed by atoms with Gasteiger partial charge < -0.3 is 20.1 Å². The summed E-state index contributed by atoms with van der Waals surface area (Å²) >= 11 is 5.85. The van der Waals surface area contributed by atoms with Crippen LogP contribution in [0, 0.1) is 0 Å². The highest BCUT2D eigenvalue weighted by Crippen LogP contribution is 2.18. The van der Waals surface area contributed by atoms with E-state index >= 15 is 0 Å². The van der Waals surface area contributed by atoms with Crippen LogP contribution in [0.4, 0.5) is 4.79 Å². The van der Waals surface area contributed by atoms with Crippen molar-refractivity contribution in [1.82, 2.24) is 10.6 Å². The highest BCUT2D eigenvalue weighted by molar-refractivity contribution is 6.30. The van der Waals surface area contributed by atoms with Gasteiger partial charge in [0.1, 0.15) is 12.4 Å². The van der Waals surface area contributed by atoms with Gasteiger partial charge in [0, 0.05) is 16.1 Å². The molecule has 0 aliphatic carbocycles. The molecule has 3 rings (SSSR count). The lowest BCUT2D eigenvalue weighted by molar-refractivity contribution is -0.138. The molecule has 29 heavy (non-hydrogen) atoms. The van der Waals surface area contributed by atoms with E-state index in [9.17, 15) is 14.4 Å². The SMILES string of the molecule is CCOC(=O)C1=C(COc2ccc(C(=O)c3ccc(Cl)cc3)cc2)NC(=O)NC1. The van der Waals surface area contributed by atoms with Crippen LogP contribution in [-0.2, 0) is 9.53 Å². The van der Waals surface area contributed by atoms with Gasteiger partial charge in [-0.15, -0.1) is 0 Å². The first-order chi connectivity index (χ1) is 14.0. The molecule has 1 aliphatic rings. The van der Waals surface area contributed by atoms with E-state index in [4.69, 9.17) is 21.1 Å². The molecule has 150 valence electrons. The van der Waals surface area contributed by atoms with Crippen LogP contribution in [0.5, 0.6) is 5.75 Å². The summed E-state index contributed by atoms with van der Waals surface area (Å²) in [6.45, 7) is 1.98. The molecular weight excluding hydrogens is 396 g/mol. The van der Waals surface area contributed by atoms with E-state index in [0.29, 0.717) is 33.2 Å². The van der Waals surface area contributed by atoms with Gasteiger partial charge in [0.05, 0.1) is 24.4 Å². The van der Waals surface area contributed by atoms with Gasteiger partial charge in [0.2, 0.25) is 0 Å². The minimum atomic E-state index is -0.512. The summed E-state index contributed by atoms with van der Waals surface area (Å²) in [6.07, 6.45) is 0. The first kappa shape index (κ1) is 20.4. The van der Waals surface area contributed by atoms with Crippen LogP contribution < -0.4 is 15.4 Å². The highest BCUT2D eigenvalue weighted by atomic mass is 35.5. The molecule has 0 radical (unpaired) electrons. The molecule has 8 heteroatoms. The second-order valence-corrected chi connectivity index (χ2v) is 6.57. The van der Waals surface area contributed by atoms with E-state index in [1.54, 1.807) is 55.5 Å². The normalized spacial score (nSPS) is 13.4. The molecule has 0 spiro atoms. The third kappa shape index (κ3) is 5.14. The Morgan fingerprint density at radius 2 is 1.66 bits per heavy atom. The van der Waals surface area contributed by atoms with Gasteiger partial charge in [-0.25, -0.2) is 9.59 Å². The highest BCUT2D eigenvalue weighted by Gasteiger charge is 2.24. The van der Waals surface area contributed by atoms with Crippen LogP contribution in [0.1, 0.15) is 22.8 Å². The fourth-order valence-corrected chi connectivity index (χ4v) is 2.82. The zero-order chi connectivity index (χ0) is 20.8. The van der Waals surface area contributed by atoms with Crippen molar-refractivity contribution in [1.29, 1.82) is 0 Å². The Morgan fingerprint density at radius 1 is 1.03 bits per heavy atom. The fourth-order valence-electron chi connectivity index (χ4n) is 2.69. The second-order valence-electron chi connectivity index (χ2n) is 6.13. The molecule has 0 saturated heterocycles. The molecule has 0 saturated carbocycles. The van der Waals surface area contributed by atoms with Gasteiger partial charge >= 0.3 is 12.0 Å². The first-order valence-electron chi connectivity index (χ1n) is 8.95. The lowest BCUT2D eigenvalue weighted by atomic mass is 10.0. The Bertz CT molecular complexity index is 952. The number of ketones is 1. The van der Waals surface area contributed by atoms with Gasteiger partial charge in [-0.1, -0.05) is 11.6 Å². The van der Waals surface area contributed by atoms with E-state index in [1.165, 1.54) is 0 Å². The molecule has 1 aliphatic heterocycles. The molecule has 2 aromatic carbocycles. The monoisotopic (exact) mass is 414 g/mol. The molecule has 0 atom stereocenters. The van der Waals surface area contributed by atoms with Gasteiger partial charge in [-0.2, -0.15) is 0 Å². The Hall–Kier alpha value is -3.32. The summed E-state index contributed by atoms with van der Waals surface area (Å²) in [5.74, 6) is -0.158. The number of carbonyl (C=O) groups excluding carboxylic acids is 3. The summed E-state index contributed by atoms with van der Waals surface area (Å²) in [5.41, 5.74) is 1.68. The predicted octanol–water partition coefficient (Wildman–Crippen LogP) is 3.08. The topological polar surface area (TPSA) is 93.7 Å². The largest absolute Gasteiger partial charge is 0.487 e. The van der Waals surface area contributed by atoms with Crippen molar-refractivity contribution in [2.45, 2.75) is 6.92 Å². The molecule has 7 nitrogen and oxygen atoms in total. The maximum absolute atomic E-state index is 12.5. The second kappa shape index (κ2) is 9.25. The van der Waals surface area contributed by atoms with Crippen LogP contribution in [0.3, 0.4) is 0 Å². The zero-order valence-corrected chi connectivity index (χ0v) is 16.4. The number of nitrogens with one attached hydrogen (secondary N) is 2. The molecule has 2 aromatic rings.